The quantitative estimate of drug-likeness (QED) is 0.164. The predicted molar refractivity (Wildman–Crippen MR) is 235 cm³/mol. The molecule has 0 aliphatic carbocycles. The van der Waals surface area contributed by atoms with Gasteiger partial charge in [0.25, 0.3) is 0 Å². The molecule has 7 heteroatoms. The number of aromatic nitrogens is 7. The molecular formula is C51H31N7. The van der Waals surface area contributed by atoms with Crippen LogP contribution in [0.2, 0.25) is 0 Å². The van der Waals surface area contributed by atoms with Crippen LogP contribution in [0.1, 0.15) is 0 Å². The lowest BCUT2D eigenvalue weighted by molar-refractivity contribution is 0.954. The Morgan fingerprint density at radius 1 is 0.328 bits per heavy atom. The average Bonchev–Trinajstić information content (AvgIpc) is 3.85. The summed E-state index contributed by atoms with van der Waals surface area (Å²) in [6.45, 7) is 0. The van der Waals surface area contributed by atoms with Crippen molar-refractivity contribution in [1.29, 1.82) is 0 Å². The van der Waals surface area contributed by atoms with Gasteiger partial charge in [-0.3, -0.25) is 14.5 Å². The lowest BCUT2D eigenvalue weighted by atomic mass is 10.0. The number of hydrogen-bond donors (Lipinski definition) is 0. The SMILES string of the molecule is c1ccc(-c2cccc(-c3nc(-c4cccc(-c5ccccn5)c4)nc(-n4c5ccccc5c5cc6c(cc54)c4ccccc4c4cc5ccccc5n46)n3)c2)nc1. The molecule has 6 aromatic heterocycles. The Balaban J connectivity index is 1.16. The van der Waals surface area contributed by atoms with Gasteiger partial charge in [-0.25, -0.2) is 4.98 Å². The largest absolute Gasteiger partial charge is 0.309 e. The topological polar surface area (TPSA) is 73.8 Å². The fraction of sp³-hybridized carbons (Fsp3) is 0. The maximum Gasteiger partial charge on any atom is 0.238 e. The molecule has 7 nitrogen and oxygen atoms in total. The maximum atomic E-state index is 5.32. The third kappa shape index (κ3) is 5.04. The number of para-hydroxylation sites is 2. The summed E-state index contributed by atoms with van der Waals surface area (Å²) < 4.78 is 4.62. The Morgan fingerprint density at radius 2 is 0.845 bits per heavy atom. The molecule has 6 aromatic carbocycles. The predicted octanol–water partition coefficient (Wildman–Crippen LogP) is 12.1. The van der Waals surface area contributed by atoms with Crippen LogP contribution in [0, 0.1) is 0 Å². The second kappa shape index (κ2) is 12.8. The van der Waals surface area contributed by atoms with E-state index in [2.05, 4.69) is 146 Å². The van der Waals surface area contributed by atoms with Crippen LogP contribution in [-0.4, -0.2) is 33.9 Å². The smallest absolute Gasteiger partial charge is 0.238 e. The van der Waals surface area contributed by atoms with Crippen LogP contribution in [0.5, 0.6) is 0 Å². The van der Waals surface area contributed by atoms with E-state index in [1.54, 1.807) is 0 Å². The molecule has 0 bridgehead atoms. The summed E-state index contributed by atoms with van der Waals surface area (Å²) in [6, 6.07) is 61.3. The van der Waals surface area contributed by atoms with Crippen LogP contribution < -0.4 is 0 Å². The zero-order valence-corrected chi connectivity index (χ0v) is 31.0. The molecule has 0 unspecified atom stereocenters. The van der Waals surface area contributed by atoms with Gasteiger partial charge in [0.05, 0.1) is 39.0 Å². The summed E-state index contributed by atoms with van der Waals surface area (Å²) in [5.41, 5.74) is 11.0. The van der Waals surface area contributed by atoms with Crippen molar-refractivity contribution in [3.63, 3.8) is 0 Å². The van der Waals surface area contributed by atoms with Crippen molar-refractivity contribution in [1.82, 2.24) is 33.9 Å². The molecule has 12 rings (SSSR count). The molecule has 0 spiro atoms. The summed E-state index contributed by atoms with van der Waals surface area (Å²) in [7, 11) is 0. The van der Waals surface area contributed by atoms with Gasteiger partial charge in [-0.1, -0.05) is 109 Å². The van der Waals surface area contributed by atoms with Gasteiger partial charge in [0, 0.05) is 61.6 Å². The van der Waals surface area contributed by atoms with E-state index in [1.807, 2.05) is 60.9 Å². The molecular weight excluding hydrogens is 711 g/mol. The highest BCUT2D eigenvalue weighted by Crippen LogP contribution is 2.40. The second-order valence-electron chi connectivity index (χ2n) is 14.6. The monoisotopic (exact) mass is 741 g/mol. The third-order valence-corrected chi connectivity index (χ3v) is 11.2. The number of hydrogen-bond acceptors (Lipinski definition) is 5. The highest BCUT2D eigenvalue weighted by atomic mass is 15.2. The van der Waals surface area contributed by atoms with Gasteiger partial charge in [-0.05, 0) is 72.1 Å². The molecule has 0 saturated carbocycles. The molecule has 0 atom stereocenters. The minimum atomic E-state index is 0.536. The first-order valence-corrected chi connectivity index (χ1v) is 19.3. The van der Waals surface area contributed by atoms with Crippen molar-refractivity contribution in [2.45, 2.75) is 0 Å². The van der Waals surface area contributed by atoms with Crippen molar-refractivity contribution >= 4 is 59.9 Å². The lowest BCUT2D eigenvalue weighted by Crippen LogP contribution is -2.06. The van der Waals surface area contributed by atoms with E-state index in [-0.39, 0.29) is 0 Å². The molecule has 12 aromatic rings. The fourth-order valence-corrected chi connectivity index (χ4v) is 8.60. The summed E-state index contributed by atoms with van der Waals surface area (Å²) in [5.74, 6) is 1.67. The Hall–Kier alpha value is -8.03. The standard InChI is InChI=1S/C51H31N7/c1-5-23-44-34(13-1)29-46-38-19-3-2-18-37(38)40-30-48-41(31-47(40)57(44)46)39-20-4-6-24-45(39)58(48)51-55-49(35-16-11-14-32(27-35)42-21-7-9-25-52-42)54-50(56-51)36-17-12-15-33(28-36)43-22-8-10-26-53-43/h1-31H. The van der Waals surface area contributed by atoms with Gasteiger partial charge in [-0.2, -0.15) is 9.97 Å². The molecule has 270 valence electrons. The molecule has 58 heavy (non-hydrogen) atoms. The normalized spacial score (nSPS) is 11.8. The first-order valence-electron chi connectivity index (χ1n) is 19.3. The Kier molecular flexibility index (Phi) is 7.09. The number of fused-ring (bicyclic) bond motifs is 11. The van der Waals surface area contributed by atoms with Crippen molar-refractivity contribution < 1.29 is 0 Å². The zero-order chi connectivity index (χ0) is 38.2. The van der Waals surface area contributed by atoms with E-state index in [4.69, 9.17) is 15.0 Å². The molecule has 0 N–H and O–H groups in total. The lowest BCUT2D eigenvalue weighted by Gasteiger charge is -2.13. The molecule has 0 radical (unpaired) electrons. The van der Waals surface area contributed by atoms with Gasteiger partial charge >= 0.3 is 0 Å². The van der Waals surface area contributed by atoms with Crippen LogP contribution >= 0.6 is 0 Å². The summed E-state index contributed by atoms with van der Waals surface area (Å²) in [6.07, 6.45) is 3.63. The van der Waals surface area contributed by atoms with Gasteiger partial charge in [0.1, 0.15) is 0 Å². The molecule has 6 heterocycles. The van der Waals surface area contributed by atoms with Gasteiger partial charge in [0.15, 0.2) is 11.6 Å². The Morgan fingerprint density at radius 3 is 1.50 bits per heavy atom. The van der Waals surface area contributed by atoms with E-state index in [0.717, 1.165) is 66.4 Å². The van der Waals surface area contributed by atoms with Gasteiger partial charge in [-0.15, -0.1) is 0 Å². The Bertz CT molecular complexity index is 3470. The molecule has 0 saturated heterocycles. The fourth-order valence-electron chi connectivity index (χ4n) is 8.60. The van der Waals surface area contributed by atoms with Crippen LogP contribution in [0.15, 0.2) is 188 Å². The molecule has 0 aliphatic rings. The number of nitrogens with zero attached hydrogens (tertiary/aromatic N) is 7. The molecule has 0 aliphatic heterocycles. The minimum Gasteiger partial charge on any atom is -0.309 e. The Labute approximate surface area is 332 Å². The minimum absolute atomic E-state index is 0.536. The summed E-state index contributed by atoms with van der Waals surface area (Å²) >= 11 is 0. The second-order valence-corrected chi connectivity index (χ2v) is 14.6. The molecule has 0 amide bonds. The van der Waals surface area contributed by atoms with E-state index in [0.29, 0.717) is 17.6 Å². The van der Waals surface area contributed by atoms with Gasteiger partial charge in [0.2, 0.25) is 5.95 Å². The van der Waals surface area contributed by atoms with Crippen molar-refractivity contribution in [3.8, 4) is 51.2 Å². The first kappa shape index (κ1) is 32.2. The highest BCUT2D eigenvalue weighted by molar-refractivity contribution is 6.21. The summed E-state index contributed by atoms with van der Waals surface area (Å²) in [4.78, 5) is 25.1. The van der Waals surface area contributed by atoms with Crippen molar-refractivity contribution in [2.75, 3.05) is 0 Å². The number of benzene rings is 6. The van der Waals surface area contributed by atoms with Crippen LogP contribution in [-0.2, 0) is 0 Å². The van der Waals surface area contributed by atoms with Crippen LogP contribution in [0.25, 0.3) is 111 Å². The number of rotatable bonds is 5. The highest BCUT2D eigenvalue weighted by Gasteiger charge is 2.21. The third-order valence-electron chi connectivity index (χ3n) is 11.2. The van der Waals surface area contributed by atoms with Crippen LogP contribution in [0.3, 0.4) is 0 Å². The summed E-state index contributed by atoms with van der Waals surface area (Å²) in [5, 5.41) is 7.01. The van der Waals surface area contributed by atoms with Gasteiger partial charge < -0.3 is 4.40 Å². The van der Waals surface area contributed by atoms with Crippen LogP contribution in [0.4, 0.5) is 0 Å². The average molecular weight is 742 g/mol. The van der Waals surface area contributed by atoms with E-state index in [1.165, 1.54) is 27.2 Å². The van der Waals surface area contributed by atoms with Crippen molar-refractivity contribution in [3.05, 3.63) is 188 Å². The molecule has 0 fully saturated rings. The zero-order valence-electron chi connectivity index (χ0n) is 31.0. The first-order chi connectivity index (χ1) is 28.7. The maximum absolute atomic E-state index is 5.32. The van der Waals surface area contributed by atoms with E-state index in [9.17, 15) is 0 Å². The van der Waals surface area contributed by atoms with Crippen molar-refractivity contribution in [2.24, 2.45) is 0 Å². The number of pyridine rings is 3. The van der Waals surface area contributed by atoms with E-state index < -0.39 is 0 Å². The van der Waals surface area contributed by atoms with E-state index >= 15 is 0 Å².